The van der Waals surface area contributed by atoms with Crippen LogP contribution in [0.4, 0.5) is 0 Å². The minimum absolute atomic E-state index is 0.0151. The molecule has 1 atom stereocenters. The van der Waals surface area contributed by atoms with E-state index < -0.39 is 15.9 Å². The van der Waals surface area contributed by atoms with Crippen LogP contribution in [0, 0.1) is 0 Å². The predicted octanol–water partition coefficient (Wildman–Crippen LogP) is 2.53. The topological polar surface area (TPSA) is 89.0 Å². The van der Waals surface area contributed by atoms with E-state index in [1.165, 1.54) is 18.0 Å². The van der Waals surface area contributed by atoms with Gasteiger partial charge < -0.3 is 0 Å². The Morgan fingerprint density at radius 3 is 2.76 bits per heavy atom. The molecule has 2 aromatic rings. The molecule has 0 saturated carbocycles. The standard InChI is InChI=1S/C18H21N3O3S/c1-18(2)8-7-13(14-5-3-4-6-15(14)18)11-16(22)21-25(23,24)17-12-19-9-10-20-17/h3-6,9-10,12-13H,7-8,11H2,1-2H3,(H,21,22)/t13-/m0/s1. The van der Waals surface area contributed by atoms with Crippen molar-refractivity contribution in [1.29, 1.82) is 0 Å². The molecule has 1 amide bonds. The van der Waals surface area contributed by atoms with E-state index in [2.05, 4.69) is 34.6 Å². The highest BCUT2D eigenvalue weighted by Gasteiger charge is 2.33. The highest BCUT2D eigenvalue weighted by Crippen LogP contribution is 2.43. The molecule has 1 aliphatic rings. The van der Waals surface area contributed by atoms with Crippen LogP contribution >= 0.6 is 0 Å². The molecule has 0 fully saturated rings. The van der Waals surface area contributed by atoms with Crippen LogP contribution in [-0.4, -0.2) is 24.3 Å². The Kier molecular flexibility index (Phi) is 4.60. The fourth-order valence-electron chi connectivity index (χ4n) is 3.40. The zero-order chi connectivity index (χ0) is 18.1. The van der Waals surface area contributed by atoms with Gasteiger partial charge >= 0.3 is 0 Å². The number of hydrogen-bond donors (Lipinski definition) is 1. The first-order valence-electron chi connectivity index (χ1n) is 8.21. The number of sulfonamides is 1. The summed E-state index contributed by atoms with van der Waals surface area (Å²) in [5.74, 6) is -0.508. The molecule has 0 aliphatic heterocycles. The molecule has 132 valence electrons. The zero-order valence-corrected chi connectivity index (χ0v) is 15.1. The van der Waals surface area contributed by atoms with Crippen molar-refractivity contribution in [2.24, 2.45) is 0 Å². The lowest BCUT2D eigenvalue weighted by Gasteiger charge is -2.37. The van der Waals surface area contributed by atoms with Crippen LogP contribution in [0.5, 0.6) is 0 Å². The number of nitrogens with one attached hydrogen (secondary N) is 1. The molecule has 0 unspecified atom stereocenters. The van der Waals surface area contributed by atoms with E-state index in [-0.39, 0.29) is 22.8 Å². The number of carbonyl (C=O) groups is 1. The fraction of sp³-hybridized carbons (Fsp3) is 0.389. The molecule has 6 nitrogen and oxygen atoms in total. The number of hydrogen-bond acceptors (Lipinski definition) is 5. The van der Waals surface area contributed by atoms with E-state index in [1.54, 1.807) is 0 Å². The summed E-state index contributed by atoms with van der Waals surface area (Å²) < 4.78 is 26.5. The first-order chi connectivity index (χ1) is 11.8. The molecule has 25 heavy (non-hydrogen) atoms. The molecule has 0 bridgehead atoms. The van der Waals surface area contributed by atoms with Crippen molar-refractivity contribution in [1.82, 2.24) is 14.7 Å². The van der Waals surface area contributed by atoms with Crippen LogP contribution in [-0.2, 0) is 20.2 Å². The number of aromatic nitrogens is 2. The van der Waals surface area contributed by atoms with Crippen molar-refractivity contribution in [2.45, 2.75) is 49.5 Å². The Bertz CT molecular complexity index is 879. The van der Waals surface area contributed by atoms with Crippen molar-refractivity contribution in [2.75, 3.05) is 0 Å². The average molecular weight is 359 g/mol. The zero-order valence-electron chi connectivity index (χ0n) is 14.3. The Morgan fingerprint density at radius 2 is 2.04 bits per heavy atom. The van der Waals surface area contributed by atoms with Crippen molar-refractivity contribution in [3.05, 3.63) is 54.0 Å². The van der Waals surface area contributed by atoms with E-state index in [0.717, 1.165) is 24.6 Å². The Balaban J connectivity index is 1.76. The van der Waals surface area contributed by atoms with Gasteiger partial charge in [-0.05, 0) is 35.3 Å². The van der Waals surface area contributed by atoms with Gasteiger partial charge in [0, 0.05) is 18.8 Å². The van der Waals surface area contributed by atoms with E-state index in [0.29, 0.717) is 0 Å². The van der Waals surface area contributed by atoms with Gasteiger partial charge in [0.15, 0.2) is 5.03 Å². The Hall–Kier alpha value is -2.28. The van der Waals surface area contributed by atoms with Crippen LogP contribution in [0.2, 0.25) is 0 Å². The lowest BCUT2D eigenvalue weighted by Crippen LogP contribution is -2.34. The normalized spacial score (nSPS) is 19.0. The van der Waals surface area contributed by atoms with E-state index in [4.69, 9.17) is 0 Å². The van der Waals surface area contributed by atoms with Crippen LogP contribution in [0.1, 0.15) is 50.2 Å². The molecule has 1 aromatic carbocycles. The smallest absolute Gasteiger partial charge is 0.274 e. The molecule has 0 spiro atoms. The Labute approximate surface area is 147 Å². The highest BCUT2D eigenvalue weighted by atomic mass is 32.2. The minimum Gasteiger partial charge on any atom is -0.274 e. The Morgan fingerprint density at radius 1 is 1.28 bits per heavy atom. The number of nitrogens with zero attached hydrogens (tertiary/aromatic N) is 2. The second-order valence-electron chi connectivity index (χ2n) is 6.98. The van der Waals surface area contributed by atoms with Crippen LogP contribution in [0.25, 0.3) is 0 Å². The maximum absolute atomic E-state index is 12.3. The van der Waals surface area contributed by atoms with Crippen molar-refractivity contribution < 1.29 is 13.2 Å². The monoisotopic (exact) mass is 359 g/mol. The maximum Gasteiger partial charge on any atom is 0.283 e. The van der Waals surface area contributed by atoms with Gasteiger partial charge in [-0.25, -0.2) is 9.71 Å². The second kappa shape index (κ2) is 6.55. The molecule has 1 N–H and O–H groups in total. The number of benzene rings is 1. The number of carbonyl (C=O) groups excluding carboxylic acids is 1. The molecule has 1 aliphatic carbocycles. The van der Waals surface area contributed by atoms with E-state index in [9.17, 15) is 13.2 Å². The van der Waals surface area contributed by atoms with Gasteiger partial charge in [0.05, 0.1) is 6.20 Å². The van der Waals surface area contributed by atoms with Gasteiger partial charge in [0.25, 0.3) is 10.0 Å². The SMILES string of the molecule is CC1(C)CC[C@@H](CC(=O)NS(=O)(=O)c2cnccn2)c2ccccc21. The van der Waals surface area contributed by atoms with Crippen molar-refractivity contribution in [3.8, 4) is 0 Å². The van der Waals surface area contributed by atoms with Gasteiger partial charge in [-0.3, -0.25) is 9.78 Å². The fourth-order valence-corrected chi connectivity index (χ4v) is 4.29. The van der Waals surface area contributed by atoms with E-state index >= 15 is 0 Å². The molecular formula is C18H21N3O3S. The molecule has 0 radical (unpaired) electrons. The summed E-state index contributed by atoms with van der Waals surface area (Å²) >= 11 is 0. The first-order valence-corrected chi connectivity index (χ1v) is 9.69. The molecule has 1 aromatic heterocycles. The lowest BCUT2D eigenvalue weighted by molar-refractivity contribution is -0.119. The number of rotatable bonds is 4. The van der Waals surface area contributed by atoms with Gasteiger partial charge in [-0.15, -0.1) is 0 Å². The number of fused-ring (bicyclic) bond motifs is 1. The third kappa shape index (κ3) is 3.71. The quantitative estimate of drug-likeness (QED) is 0.906. The summed E-state index contributed by atoms with van der Waals surface area (Å²) in [6.45, 7) is 4.39. The number of amides is 1. The molecular weight excluding hydrogens is 338 g/mol. The highest BCUT2D eigenvalue weighted by molar-refractivity contribution is 7.90. The van der Waals surface area contributed by atoms with Gasteiger partial charge in [-0.1, -0.05) is 38.1 Å². The van der Waals surface area contributed by atoms with Gasteiger partial charge in [0.2, 0.25) is 5.91 Å². The van der Waals surface area contributed by atoms with Gasteiger partial charge in [0.1, 0.15) is 0 Å². The minimum atomic E-state index is -3.98. The van der Waals surface area contributed by atoms with E-state index in [1.807, 2.05) is 18.2 Å². The first kappa shape index (κ1) is 17.5. The summed E-state index contributed by atoms with van der Waals surface area (Å²) in [5.41, 5.74) is 2.43. The summed E-state index contributed by atoms with van der Waals surface area (Å²) in [7, 11) is -3.98. The summed E-state index contributed by atoms with van der Waals surface area (Å²) in [5, 5.41) is -0.256. The third-order valence-electron chi connectivity index (χ3n) is 4.74. The average Bonchev–Trinajstić information content (AvgIpc) is 2.58. The molecule has 7 heteroatoms. The summed E-state index contributed by atoms with van der Waals surface area (Å²) in [4.78, 5) is 19.8. The lowest BCUT2D eigenvalue weighted by atomic mass is 9.68. The van der Waals surface area contributed by atoms with Gasteiger partial charge in [-0.2, -0.15) is 8.42 Å². The van der Waals surface area contributed by atoms with Crippen molar-refractivity contribution >= 4 is 15.9 Å². The molecule has 3 rings (SSSR count). The predicted molar refractivity (Wildman–Crippen MR) is 93.4 cm³/mol. The summed E-state index contributed by atoms with van der Waals surface area (Å²) in [6, 6.07) is 8.09. The summed E-state index contributed by atoms with van der Waals surface area (Å²) in [6.07, 6.45) is 5.71. The van der Waals surface area contributed by atoms with Crippen molar-refractivity contribution in [3.63, 3.8) is 0 Å². The maximum atomic E-state index is 12.3. The molecule has 1 heterocycles. The largest absolute Gasteiger partial charge is 0.283 e. The van der Waals surface area contributed by atoms with Crippen LogP contribution in [0.3, 0.4) is 0 Å². The second-order valence-corrected chi connectivity index (χ2v) is 8.61. The molecule has 0 saturated heterocycles. The van der Waals surface area contributed by atoms with Crippen LogP contribution in [0.15, 0.2) is 47.9 Å². The third-order valence-corrected chi connectivity index (χ3v) is 6.00. The van der Waals surface area contributed by atoms with Crippen LogP contribution < -0.4 is 4.72 Å².